The molecule has 2 aliphatic heterocycles. The quantitative estimate of drug-likeness (QED) is 0.0602. The van der Waals surface area contributed by atoms with Crippen LogP contribution in [-0.4, -0.2) is 20.9 Å². The number of ether oxygens (including phenoxy) is 1. The zero-order chi connectivity index (χ0) is 64.5. The zero-order valence-corrected chi connectivity index (χ0v) is 58.7. The Morgan fingerprint density at radius 3 is 1.48 bits per heavy atom. The zero-order valence-electron chi connectivity index (χ0n) is 57.5. The third kappa shape index (κ3) is 13.4. The first-order chi connectivity index (χ1) is 41.8. The van der Waals surface area contributed by atoms with Gasteiger partial charge in [-0.2, -0.15) is 0 Å². The molecule has 0 fully saturated rings. The van der Waals surface area contributed by atoms with Crippen molar-refractivity contribution in [2.24, 2.45) is 32.5 Å². The van der Waals surface area contributed by atoms with Crippen molar-refractivity contribution >= 4 is 82.2 Å². The van der Waals surface area contributed by atoms with E-state index < -0.39 is 0 Å². The standard InChI is InChI=1S/C33H32NO.C33H32NS.C15H28O2.Ir/c2*1-32(2,3)18-21-11-9-13-23-24-14-15-34-30-26-16-20-10-7-8-12-22(20)27(19-33(4,5)6)31(26)35-28(29(24)30)17-25(21)23;1-7-14(5,8-2)12(16)11-13(17)15(6,9-3)10-4;/h2*7-15,17H,18-19H2,1-6H3;11,16H,7-10H2,1-6H3;/q2*-1;;/b;;12-11-;/i2*15D;;. The largest absolute Gasteiger partial charge is 0.512 e. The van der Waals surface area contributed by atoms with Gasteiger partial charge in [0.1, 0.15) is 11.5 Å². The summed E-state index contributed by atoms with van der Waals surface area (Å²) in [7, 11) is 0. The molecular formula is C81H92IrN2O3S-2. The molecule has 4 heterocycles. The van der Waals surface area contributed by atoms with E-state index in [1.54, 1.807) is 0 Å². The first-order valence-corrected chi connectivity index (χ1v) is 32.6. The van der Waals surface area contributed by atoms with Crippen molar-refractivity contribution in [3.8, 4) is 34.0 Å². The Kier molecular flexibility index (Phi) is 18.1. The number of hydrogen-bond donors (Lipinski definition) is 1. The summed E-state index contributed by atoms with van der Waals surface area (Å²) in [5, 5.41) is 23.9. The van der Waals surface area contributed by atoms with Crippen LogP contribution < -0.4 is 4.74 Å². The Balaban J connectivity index is 0.000000170. The monoisotopic (exact) mass is 1370 g/mol. The number of hydrogen-bond acceptors (Lipinski definition) is 6. The summed E-state index contributed by atoms with van der Waals surface area (Å²) in [6.07, 6.45) is 9.15. The average Bonchev–Trinajstić information content (AvgIpc) is 0.726. The molecule has 10 aromatic rings. The van der Waals surface area contributed by atoms with E-state index in [1.807, 2.05) is 65.4 Å². The van der Waals surface area contributed by atoms with Crippen LogP contribution in [0.2, 0.25) is 0 Å². The van der Waals surface area contributed by atoms with Gasteiger partial charge in [-0.05, 0) is 151 Å². The van der Waals surface area contributed by atoms with E-state index in [-0.39, 0.29) is 70.3 Å². The molecule has 7 heteroatoms. The van der Waals surface area contributed by atoms with Gasteiger partial charge in [0.25, 0.3) is 0 Å². The fourth-order valence-corrected chi connectivity index (χ4v) is 13.9. The van der Waals surface area contributed by atoms with Crippen LogP contribution in [0.1, 0.15) is 175 Å². The number of benzene rings is 8. The molecule has 0 saturated carbocycles. The molecule has 12 rings (SSSR count). The molecule has 0 saturated heterocycles. The predicted molar refractivity (Wildman–Crippen MR) is 372 cm³/mol. The molecule has 0 unspecified atom stereocenters. The van der Waals surface area contributed by atoms with E-state index in [0.717, 1.165) is 123 Å². The molecule has 5 nitrogen and oxygen atoms in total. The maximum absolute atomic E-state index is 12.2. The van der Waals surface area contributed by atoms with Gasteiger partial charge in [-0.15, -0.1) is 46.8 Å². The second kappa shape index (κ2) is 25.1. The third-order valence-corrected chi connectivity index (χ3v) is 19.4. The topological polar surface area (TPSA) is 72.3 Å². The van der Waals surface area contributed by atoms with Crippen molar-refractivity contribution < 1.29 is 37.5 Å². The number of fused-ring (bicyclic) bond motifs is 10. The molecule has 0 atom stereocenters. The number of allylic oxidation sites excluding steroid dienone is 2. The summed E-state index contributed by atoms with van der Waals surface area (Å²) < 4.78 is 24.1. The smallest absolute Gasteiger partial charge is 0.164 e. The van der Waals surface area contributed by atoms with Crippen LogP contribution in [0.3, 0.4) is 0 Å². The molecule has 2 aliphatic rings. The predicted octanol–water partition coefficient (Wildman–Crippen LogP) is 23.6. The molecule has 0 amide bonds. The second-order valence-corrected chi connectivity index (χ2v) is 31.2. The summed E-state index contributed by atoms with van der Waals surface area (Å²) in [6, 6.07) is 45.9. The van der Waals surface area contributed by atoms with E-state index in [0.29, 0.717) is 6.17 Å². The fraction of sp³-hybridized carbons (Fsp3) is 0.395. The Labute approximate surface area is 546 Å². The Morgan fingerprint density at radius 1 is 0.523 bits per heavy atom. The van der Waals surface area contributed by atoms with Crippen LogP contribution in [-0.2, 0) is 50.6 Å². The van der Waals surface area contributed by atoms with Crippen molar-refractivity contribution in [2.45, 2.75) is 186 Å². The summed E-state index contributed by atoms with van der Waals surface area (Å²) in [5.41, 5.74) is 8.82. The Hall–Kier alpha value is -6.37. The molecule has 1 radical (unpaired) electrons. The molecule has 2 aromatic heterocycles. The summed E-state index contributed by atoms with van der Waals surface area (Å²) >= 11 is 1.87. The maximum atomic E-state index is 12.2. The normalized spacial score (nSPS) is 13.7. The first-order valence-electron chi connectivity index (χ1n) is 32.7. The first kappa shape index (κ1) is 63.2. The number of ketones is 1. The van der Waals surface area contributed by atoms with Crippen molar-refractivity contribution in [1.29, 1.82) is 0 Å². The minimum atomic E-state index is -0.337. The molecular weight excluding hydrogens is 1270 g/mol. The van der Waals surface area contributed by atoms with Crippen molar-refractivity contribution in [2.75, 3.05) is 0 Å². The van der Waals surface area contributed by atoms with E-state index >= 15 is 0 Å². The number of aliphatic hydroxyl groups is 1. The summed E-state index contributed by atoms with van der Waals surface area (Å²) in [6.45, 7) is 39.5. The van der Waals surface area contributed by atoms with Crippen LogP contribution in [0.5, 0.6) is 11.5 Å². The average molecular weight is 1370 g/mol. The van der Waals surface area contributed by atoms with Gasteiger partial charge in [0.05, 0.1) is 8.49 Å². The third-order valence-electron chi connectivity index (χ3n) is 18.2. The van der Waals surface area contributed by atoms with Crippen LogP contribution in [0.4, 0.5) is 0 Å². The van der Waals surface area contributed by atoms with Crippen LogP contribution in [0.15, 0.2) is 143 Å². The number of pyridine rings is 2. The number of rotatable bonds is 11. The van der Waals surface area contributed by atoms with Gasteiger partial charge < -0.3 is 9.84 Å². The number of carbonyl (C=O) groups excluding carboxylic acids is 1. The second-order valence-electron chi connectivity index (χ2n) is 30.1. The van der Waals surface area contributed by atoms with Gasteiger partial charge in [-0.25, -0.2) is 0 Å². The van der Waals surface area contributed by atoms with Crippen LogP contribution in [0.25, 0.3) is 87.1 Å². The van der Waals surface area contributed by atoms with E-state index in [1.165, 1.54) is 65.1 Å². The molecule has 461 valence electrons. The van der Waals surface area contributed by atoms with Crippen molar-refractivity contribution in [3.63, 3.8) is 0 Å². The molecule has 0 aliphatic carbocycles. The molecule has 88 heavy (non-hydrogen) atoms. The minimum absolute atomic E-state index is 0. The summed E-state index contributed by atoms with van der Waals surface area (Å²) in [4.78, 5) is 24.3. The van der Waals surface area contributed by atoms with Gasteiger partial charge >= 0.3 is 0 Å². The van der Waals surface area contributed by atoms with Gasteiger partial charge in [-0.1, -0.05) is 230 Å². The van der Waals surface area contributed by atoms with Crippen LogP contribution in [0, 0.1) is 44.6 Å². The minimum Gasteiger partial charge on any atom is -0.512 e. The SMILES string of the molecule is CCC(C)(CC)C(=O)/C=C(\O)C(C)(CC)CC.[2H]c1cc2c3c(cc4c(CC(C)(C)C)cccc42)Oc2c([c-]c4ccccc4c2CC(C)(C)C)-c3n1.[2H]c1cc2c3c(cc4c(CC(C)(C)C)cccc42)Sc2c([c-]c4ccccc4c2CC(C)(C)C)-c3n1.[Ir]. The van der Waals surface area contributed by atoms with Crippen molar-refractivity contribution in [1.82, 2.24) is 9.97 Å². The van der Waals surface area contributed by atoms with Crippen LogP contribution >= 0.6 is 11.8 Å². The Morgan fingerprint density at radius 2 is 0.966 bits per heavy atom. The molecule has 0 bridgehead atoms. The van der Waals surface area contributed by atoms with Gasteiger partial charge in [0.15, 0.2) is 5.78 Å². The van der Waals surface area contributed by atoms with Crippen molar-refractivity contribution in [3.05, 3.63) is 168 Å². The Bertz CT molecular complexity index is 4200. The van der Waals surface area contributed by atoms with Gasteiger partial charge in [-0.3, -0.25) is 14.8 Å². The van der Waals surface area contributed by atoms with Gasteiger partial charge in [0.2, 0.25) is 0 Å². The number of aliphatic hydroxyl groups excluding tert-OH is 1. The molecule has 1 N–H and O–H groups in total. The van der Waals surface area contributed by atoms with Gasteiger partial charge in [0, 0.05) is 71.0 Å². The maximum Gasteiger partial charge on any atom is 0.164 e. The molecule has 0 spiro atoms. The number of carbonyl (C=O) groups is 1. The van der Waals surface area contributed by atoms with E-state index in [4.69, 9.17) is 17.4 Å². The number of aromatic nitrogens is 2. The summed E-state index contributed by atoms with van der Waals surface area (Å²) in [5.74, 6) is 1.95. The fourth-order valence-electron chi connectivity index (χ4n) is 12.7. The van der Waals surface area contributed by atoms with E-state index in [9.17, 15) is 9.90 Å². The molecule has 8 aromatic carbocycles. The van der Waals surface area contributed by atoms with E-state index in [2.05, 4.69) is 192 Å². The number of nitrogens with zero attached hydrogens (tertiary/aromatic N) is 2.